The second kappa shape index (κ2) is 8.03. The number of hydrogen-bond donors (Lipinski definition) is 1. The molecule has 1 aliphatic heterocycles. The summed E-state index contributed by atoms with van der Waals surface area (Å²) in [6.45, 7) is 3.46. The lowest BCUT2D eigenvalue weighted by molar-refractivity contribution is -0.143. The van der Waals surface area contributed by atoms with Gasteiger partial charge in [-0.15, -0.1) is 11.3 Å². The van der Waals surface area contributed by atoms with Crippen molar-refractivity contribution in [2.24, 2.45) is 5.92 Å². The van der Waals surface area contributed by atoms with Gasteiger partial charge in [0, 0.05) is 20.9 Å². The van der Waals surface area contributed by atoms with Gasteiger partial charge >= 0.3 is 5.97 Å². The van der Waals surface area contributed by atoms with E-state index in [9.17, 15) is 23.1 Å². The number of nitrogens with zero attached hydrogens (tertiary/aromatic N) is 1. The minimum absolute atomic E-state index is 0.0576. The van der Waals surface area contributed by atoms with Crippen molar-refractivity contribution < 1.29 is 23.1 Å². The highest BCUT2D eigenvalue weighted by Gasteiger charge is 2.44. The van der Waals surface area contributed by atoms with Crippen LogP contribution in [-0.2, 0) is 21.4 Å². The van der Waals surface area contributed by atoms with Gasteiger partial charge in [0.25, 0.3) is 0 Å². The van der Waals surface area contributed by atoms with Crippen molar-refractivity contribution in [2.75, 3.05) is 0 Å². The number of aliphatic carboxylic acids is 1. The highest BCUT2D eigenvalue weighted by atomic mass is 32.2. The number of carboxylic acid groups (broad SMARTS) is 1. The van der Waals surface area contributed by atoms with Crippen LogP contribution in [-0.4, -0.2) is 35.6 Å². The summed E-state index contributed by atoms with van der Waals surface area (Å²) in [5.74, 6) is -1.57. The van der Waals surface area contributed by atoms with Crippen LogP contribution in [0.25, 0.3) is 10.4 Å². The number of thiophene rings is 1. The quantitative estimate of drug-likeness (QED) is 0.561. The number of fused-ring (bicyclic) bond motifs is 1. The molecule has 1 aromatic heterocycles. The van der Waals surface area contributed by atoms with Crippen molar-refractivity contribution in [2.45, 2.75) is 31.3 Å². The lowest BCUT2D eigenvalue weighted by atomic mass is 10.0. The Kier molecular flexibility index (Phi) is 5.55. The fourth-order valence-corrected chi connectivity index (χ4v) is 7.23. The summed E-state index contributed by atoms with van der Waals surface area (Å²) in [4.78, 5) is 25.8. The van der Waals surface area contributed by atoms with Gasteiger partial charge in [-0.05, 0) is 17.5 Å². The van der Waals surface area contributed by atoms with Crippen LogP contribution < -0.4 is 0 Å². The molecule has 31 heavy (non-hydrogen) atoms. The van der Waals surface area contributed by atoms with Crippen LogP contribution in [0.15, 0.2) is 65.6 Å². The van der Waals surface area contributed by atoms with Crippen LogP contribution in [0, 0.1) is 5.92 Å². The van der Waals surface area contributed by atoms with Gasteiger partial charge in [0.15, 0.2) is 5.78 Å². The molecule has 1 atom stereocenters. The summed E-state index contributed by atoms with van der Waals surface area (Å²) in [5, 5.41) is 9.51. The molecule has 0 aliphatic carbocycles. The zero-order chi connectivity index (χ0) is 22.3. The van der Waals surface area contributed by atoms with Crippen molar-refractivity contribution in [1.29, 1.82) is 0 Å². The molecule has 2 aromatic carbocycles. The summed E-state index contributed by atoms with van der Waals surface area (Å²) in [6.07, 6.45) is 0. The van der Waals surface area contributed by atoms with Crippen LogP contribution in [0.5, 0.6) is 0 Å². The average Bonchev–Trinajstić information content (AvgIpc) is 3.26. The van der Waals surface area contributed by atoms with Gasteiger partial charge in [0.05, 0.1) is 11.4 Å². The van der Waals surface area contributed by atoms with E-state index in [1.165, 1.54) is 11.3 Å². The Labute approximate surface area is 184 Å². The summed E-state index contributed by atoms with van der Waals surface area (Å²) < 4.78 is 27.1. The highest BCUT2D eigenvalue weighted by Crippen LogP contribution is 2.42. The molecule has 0 saturated heterocycles. The predicted octanol–water partition coefficient (Wildman–Crippen LogP) is 4.26. The van der Waals surface area contributed by atoms with Gasteiger partial charge in [0.2, 0.25) is 10.0 Å². The van der Waals surface area contributed by atoms with E-state index in [0.29, 0.717) is 16.0 Å². The first-order valence-electron chi connectivity index (χ1n) is 9.77. The molecule has 0 unspecified atom stereocenters. The monoisotopic (exact) mass is 455 g/mol. The number of carboxylic acids is 1. The third-order valence-electron chi connectivity index (χ3n) is 5.32. The Morgan fingerprint density at radius 3 is 2.16 bits per heavy atom. The molecule has 0 radical (unpaired) electrons. The van der Waals surface area contributed by atoms with E-state index in [1.807, 2.05) is 18.2 Å². The van der Waals surface area contributed by atoms with Crippen LogP contribution in [0.3, 0.4) is 0 Å². The van der Waals surface area contributed by atoms with Crippen molar-refractivity contribution in [3.63, 3.8) is 0 Å². The van der Waals surface area contributed by atoms with E-state index in [4.69, 9.17) is 0 Å². The van der Waals surface area contributed by atoms with Gasteiger partial charge in [-0.2, -0.15) is 4.31 Å². The summed E-state index contributed by atoms with van der Waals surface area (Å²) in [7, 11) is -3.87. The van der Waals surface area contributed by atoms with Gasteiger partial charge in [0.1, 0.15) is 6.04 Å². The predicted molar refractivity (Wildman–Crippen MR) is 119 cm³/mol. The molecule has 0 bridgehead atoms. The van der Waals surface area contributed by atoms with E-state index in [2.05, 4.69) is 0 Å². The van der Waals surface area contributed by atoms with Crippen LogP contribution in [0.2, 0.25) is 0 Å². The molecule has 2 heterocycles. The first kappa shape index (κ1) is 21.4. The molecule has 4 rings (SSSR count). The second-order valence-corrected chi connectivity index (χ2v) is 10.7. The third kappa shape index (κ3) is 3.82. The minimum atomic E-state index is -3.87. The number of rotatable bonds is 6. The standard InChI is InChI=1S/C23H21NO5S2/c1-14(2)21(23(26)27)24-13-19-20(31(24,28)29)12-18(30-19)15-8-10-17(11-9-15)22(25)16-6-4-3-5-7-16/h3-12,14,21H,13H2,1-2H3,(H,26,27)/t21-/m1/s1. The van der Waals surface area contributed by atoms with Crippen molar-refractivity contribution in [3.8, 4) is 10.4 Å². The zero-order valence-corrected chi connectivity index (χ0v) is 18.6. The Hall–Kier alpha value is -2.81. The SMILES string of the molecule is CC(C)[C@H](C(=O)O)N1Cc2sc(-c3ccc(C(=O)c4ccccc4)cc3)cc2S1(=O)=O. The summed E-state index contributed by atoms with van der Waals surface area (Å²) >= 11 is 1.33. The van der Waals surface area contributed by atoms with Gasteiger partial charge in [-0.3, -0.25) is 9.59 Å². The van der Waals surface area contributed by atoms with Crippen LogP contribution in [0.4, 0.5) is 0 Å². The van der Waals surface area contributed by atoms with Crippen molar-refractivity contribution in [1.82, 2.24) is 4.31 Å². The van der Waals surface area contributed by atoms with Gasteiger partial charge in [-0.25, -0.2) is 8.42 Å². The Morgan fingerprint density at radius 2 is 1.61 bits per heavy atom. The maximum Gasteiger partial charge on any atom is 0.322 e. The number of sulfonamides is 1. The van der Waals surface area contributed by atoms with E-state index < -0.39 is 22.0 Å². The van der Waals surface area contributed by atoms with E-state index >= 15 is 0 Å². The van der Waals surface area contributed by atoms with Crippen molar-refractivity contribution >= 4 is 33.1 Å². The van der Waals surface area contributed by atoms with E-state index in [-0.39, 0.29) is 23.1 Å². The number of carbonyl (C=O) groups is 2. The van der Waals surface area contributed by atoms with E-state index in [0.717, 1.165) is 14.7 Å². The Bertz CT molecular complexity index is 1240. The lowest BCUT2D eigenvalue weighted by Gasteiger charge is -2.25. The molecule has 1 aliphatic rings. The highest BCUT2D eigenvalue weighted by molar-refractivity contribution is 7.89. The Morgan fingerprint density at radius 1 is 1.00 bits per heavy atom. The molecule has 0 amide bonds. The molecular weight excluding hydrogens is 434 g/mol. The first-order valence-corrected chi connectivity index (χ1v) is 12.0. The van der Waals surface area contributed by atoms with Gasteiger partial charge in [-0.1, -0.05) is 68.4 Å². The van der Waals surface area contributed by atoms with Crippen LogP contribution in [0.1, 0.15) is 34.6 Å². The Balaban J connectivity index is 1.61. The normalized spacial score (nSPS) is 16.2. The van der Waals surface area contributed by atoms with Crippen molar-refractivity contribution in [3.05, 3.63) is 76.7 Å². The molecule has 160 valence electrons. The van der Waals surface area contributed by atoms with Crippen LogP contribution >= 0.6 is 11.3 Å². The average molecular weight is 456 g/mol. The lowest BCUT2D eigenvalue weighted by Crippen LogP contribution is -2.44. The molecule has 0 spiro atoms. The fourth-order valence-electron chi connectivity index (χ4n) is 3.77. The molecular formula is C23H21NO5S2. The maximum absolute atomic E-state index is 13.0. The fraction of sp³-hybridized carbons (Fsp3) is 0.217. The topological polar surface area (TPSA) is 91.8 Å². The molecule has 0 saturated carbocycles. The summed E-state index contributed by atoms with van der Waals surface area (Å²) in [6, 6.07) is 16.6. The number of benzene rings is 2. The molecule has 8 heteroatoms. The first-order chi connectivity index (χ1) is 14.7. The number of hydrogen-bond acceptors (Lipinski definition) is 5. The molecule has 3 aromatic rings. The molecule has 1 N–H and O–H groups in total. The van der Waals surface area contributed by atoms with E-state index in [1.54, 1.807) is 56.3 Å². The number of carbonyl (C=O) groups excluding carboxylic acids is 1. The molecule has 6 nitrogen and oxygen atoms in total. The largest absolute Gasteiger partial charge is 0.480 e. The second-order valence-electron chi connectivity index (χ2n) is 7.75. The minimum Gasteiger partial charge on any atom is -0.480 e. The smallest absolute Gasteiger partial charge is 0.322 e. The summed E-state index contributed by atoms with van der Waals surface area (Å²) in [5.41, 5.74) is 1.97. The number of ketones is 1. The zero-order valence-electron chi connectivity index (χ0n) is 17.0. The van der Waals surface area contributed by atoms with Gasteiger partial charge < -0.3 is 5.11 Å². The third-order valence-corrected chi connectivity index (χ3v) is 8.51. The molecule has 0 fully saturated rings. The maximum atomic E-state index is 13.0.